The van der Waals surface area contributed by atoms with Crippen LogP contribution < -0.4 is 0 Å². The molecule has 3 nitrogen and oxygen atoms in total. The van der Waals surface area contributed by atoms with Gasteiger partial charge in [-0.2, -0.15) is 0 Å². The third kappa shape index (κ3) is 3.45. The van der Waals surface area contributed by atoms with E-state index >= 15 is 0 Å². The van der Waals surface area contributed by atoms with E-state index in [-0.39, 0.29) is 17.2 Å². The largest absolute Gasteiger partial charge is 0.508 e. The maximum atomic E-state index is 10.9. The van der Waals surface area contributed by atoms with E-state index in [9.17, 15) is 15.3 Å². The second-order valence-corrected chi connectivity index (χ2v) is 6.43. The smallest absolute Gasteiger partial charge is 0.123 e. The standard InChI is InChI=1S/C22H22O3/c1-14-11-15(2)19(13-17-8-4-6-10-21(17)24)22(25)18(14)12-16-7-3-5-9-20(16)23/h3-11,23-25H,12-13H2,1-2H3. The topological polar surface area (TPSA) is 60.7 Å². The van der Waals surface area contributed by atoms with Crippen LogP contribution in [0.15, 0.2) is 54.6 Å². The Morgan fingerprint density at radius 1 is 0.640 bits per heavy atom. The van der Waals surface area contributed by atoms with E-state index in [1.165, 1.54) is 0 Å². The fraction of sp³-hybridized carbons (Fsp3) is 0.182. The molecule has 0 unspecified atom stereocenters. The molecule has 0 aliphatic carbocycles. The summed E-state index contributed by atoms with van der Waals surface area (Å²) >= 11 is 0. The summed E-state index contributed by atoms with van der Waals surface area (Å²) in [4.78, 5) is 0. The summed E-state index contributed by atoms with van der Waals surface area (Å²) in [5.41, 5.74) is 5.13. The van der Waals surface area contributed by atoms with Gasteiger partial charge in [-0.3, -0.25) is 0 Å². The molecular formula is C22H22O3. The minimum atomic E-state index is 0.226. The summed E-state index contributed by atoms with van der Waals surface area (Å²) in [5.74, 6) is 0.692. The maximum absolute atomic E-state index is 10.9. The van der Waals surface area contributed by atoms with Crippen LogP contribution in [0.4, 0.5) is 0 Å². The lowest BCUT2D eigenvalue weighted by Crippen LogP contribution is -2.01. The first-order valence-electron chi connectivity index (χ1n) is 8.32. The number of benzene rings is 3. The van der Waals surface area contributed by atoms with Crippen LogP contribution in [0.3, 0.4) is 0 Å². The van der Waals surface area contributed by atoms with Gasteiger partial charge >= 0.3 is 0 Å². The monoisotopic (exact) mass is 334 g/mol. The van der Waals surface area contributed by atoms with Crippen molar-refractivity contribution in [2.24, 2.45) is 0 Å². The van der Waals surface area contributed by atoms with Crippen molar-refractivity contribution in [1.29, 1.82) is 0 Å². The highest BCUT2D eigenvalue weighted by Crippen LogP contribution is 2.35. The highest BCUT2D eigenvalue weighted by Gasteiger charge is 2.16. The van der Waals surface area contributed by atoms with Gasteiger partial charge in [0.05, 0.1) is 0 Å². The molecular weight excluding hydrogens is 312 g/mol. The molecule has 0 amide bonds. The van der Waals surface area contributed by atoms with Gasteiger partial charge in [-0.15, -0.1) is 0 Å². The zero-order chi connectivity index (χ0) is 18.0. The van der Waals surface area contributed by atoms with Crippen molar-refractivity contribution in [3.63, 3.8) is 0 Å². The van der Waals surface area contributed by atoms with Gasteiger partial charge in [0.25, 0.3) is 0 Å². The molecule has 0 bridgehead atoms. The van der Waals surface area contributed by atoms with Crippen molar-refractivity contribution in [3.05, 3.63) is 88.0 Å². The van der Waals surface area contributed by atoms with Crippen LogP contribution >= 0.6 is 0 Å². The van der Waals surface area contributed by atoms with E-state index in [4.69, 9.17) is 0 Å². The molecule has 0 aromatic heterocycles. The molecule has 25 heavy (non-hydrogen) atoms. The van der Waals surface area contributed by atoms with Crippen LogP contribution in [-0.4, -0.2) is 15.3 Å². The number of rotatable bonds is 4. The quantitative estimate of drug-likeness (QED) is 0.653. The first-order chi connectivity index (χ1) is 12.0. The average Bonchev–Trinajstić information content (AvgIpc) is 2.58. The Balaban J connectivity index is 2.03. The molecule has 0 aliphatic rings. The summed E-state index contributed by atoms with van der Waals surface area (Å²) in [5, 5.41) is 31.0. The van der Waals surface area contributed by atoms with Crippen molar-refractivity contribution in [2.45, 2.75) is 26.7 Å². The normalized spacial score (nSPS) is 10.8. The molecule has 3 aromatic carbocycles. The van der Waals surface area contributed by atoms with Crippen LogP contribution in [0.2, 0.25) is 0 Å². The van der Waals surface area contributed by atoms with Gasteiger partial charge in [-0.05, 0) is 48.2 Å². The summed E-state index contributed by atoms with van der Waals surface area (Å²) in [7, 11) is 0. The van der Waals surface area contributed by atoms with Crippen LogP contribution in [0.5, 0.6) is 17.2 Å². The summed E-state index contributed by atoms with van der Waals surface area (Å²) in [6.45, 7) is 3.93. The number of aromatic hydroxyl groups is 3. The van der Waals surface area contributed by atoms with Gasteiger partial charge in [0.15, 0.2) is 0 Å². The Morgan fingerprint density at radius 2 is 1.04 bits per heavy atom. The number of phenolic OH excluding ortho intramolecular Hbond substituents is 3. The highest BCUT2D eigenvalue weighted by atomic mass is 16.3. The van der Waals surface area contributed by atoms with Crippen molar-refractivity contribution in [2.75, 3.05) is 0 Å². The molecule has 3 rings (SSSR count). The number of hydrogen-bond acceptors (Lipinski definition) is 3. The third-order valence-corrected chi connectivity index (χ3v) is 4.67. The Hall–Kier alpha value is -2.94. The fourth-order valence-corrected chi connectivity index (χ4v) is 3.20. The lowest BCUT2D eigenvalue weighted by Gasteiger charge is -2.17. The minimum Gasteiger partial charge on any atom is -0.508 e. The van der Waals surface area contributed by atoms with E-state index in [0.29, 0.717) is 12.8 Å². The molecule has 3 aromatic rings. The Kier molecular flexibility index (Phi) is 4.66. The lowest BCUT2D eigenvalue weighted by atomic mass is 9.90. The van der Waals surface area contributed by atoms with E-state index in [0.717, 1.165) is 33.4 Å². The summed E-state index contributed by atoms with van der Waals surface area (Å²) < 4.78 is 0. The zero-order valence-electron chi connectivity index (χ0n) is 14.5. The molecule has 0 saturated carbocycles. The second-order valence-electron chi connectivity index (χ2n) is 6.43. The van der Waals surface area contributed by atoms with E-state index in [1.807, 2.05) is 44.2 Å². The SMILES string of the molecule is Cc1cc(C)c(Cc2ccccc2O)c(O)c1Cc1ccccc1O. The second kappa shape index (κ2) is 6.89. The van der Waals surface area contributed by atoms with Gasteiger partial charge in [0, 0.05) is 24.0 Å². The number of para-hydroxylation sites is 2. The van der Waals surface area contributed by atoms with Crippen molar-refractivity contribution < 1.29 is 15.3 Å². The predicted octanol–water partition coefficient (Wildman–Crippen LogP) is 4.60. The van der Waals surface area contributed by atoms with Crippen LogP contribution in [0.1, 0.15) is 33.4 Å². The molecule has 0 aliphatic heterocycles. The van der Waals surface area contributed by atoms with Crippen LogP contribution in [0, 0.1) is 13.8 Å². The van der Waals surface area contributed by atoms with Crippen LogP contribution in [0.25, 0.3) is 0 Å². The van der Waals surface area contributed by atoms with Gasteiger partial charge < -0.3 is 15.3 Å². The van der Waals surface area contributed by atoms with Gasteiger partial charge in [-0.25, -0.2) is 0 Å². The Morgan fingerprint density at radius 3 is 1.44 bits per heavy atom. The van der Waals surface area contributed by atoms with Crippen molar-refractivity contribution >= 4 is 0 Å². The fourth-order valence-electron chi connectivity index (χ4n) is 3.20. The predicted molar refractivity (Wildman–Crippen MR) is 99.4 cm³/mol. The number of hydrogen-bond donors (Lipinski definition) is 3. The molecule has 0 radical (unpaired) electrons. The minimum absolute atomic E-state index is 0.226. The average molecular weight is 334 g/mol. The molecule has 0 heterocycles. The summed E-state index contributed by atoms with van der Waals surface area (Å²) in [6.07, 6.45) is 0.913. The van der Waals surface area contributed by atoms with Crippen molar-refractivity contribution in [3.8, 4) is 17.2 Å². The molecule has 128 valence electrons. The number of phenols is 3. The molecule has 0 saturated heterocycles. The highest BCUT2D eigenvalue weighted by molar-refractivity contribution is 5.54. The molecule has 0 spiro atoms. The first kappa shape index (κ1) is 16.9. The molecule has 3 heteroatoms. The van der Waals surface area contributed by atoms with Gasteiger partial charge in [0.2, 0.25) is 0 Å². The van der Waals surface area contributed by atoms with E-state index < -0.39 is 0 Å². The summed E-state index contributed by atoms with van der Waals surface area (Å²) in [6, 6.07) is 16.4. The molecule has 0 fully saturated rings. The van der Waals surface area contributed by atoms with Gasteiger partial charge in [0.1, 0.15) is 17.2 Å². The Bertz CT molecular complexity index is 841. The number of aryl methyl sites for hydroxylation is 2. The van der Waals surface area contributed by atoms with E-state index in [2.05, 4.69) is 0 Å². The van der Waals surface area contributed by atoms with E-state index in [1.54, 1.807) is 24.3 Å². The maximum Gasteiger partial charge on any atom is 0.123 e. The zero-order valence-corrected chi connectivity index (χ0v) is 14.5. The van der Waals surface area contributed by atoms with Crippen molar-refractivity contribution in [1.82, 2.24) is 0 Å². The van der Waals surface area contributed by atoms with Crippen LogP contribution in [-0.2, 0) is 12.8 Å². The molecule has 0 atom stereocenters. The molecule has 3 N–H and O–H groups in total. The van der Waals surface area contributed by atoms with Gasteiger partial charge in [-0.1, -0.05) is 42.5 Å². The first-order valence-corrected chi connectivity index (χ1v) is 8.32. The lowest BCUT2D eigenvalue weighted by molar-refractivity contribution is 0.456. The Labute approximate surface area is 147 Å². The third-order valence-electron chi connectivity index (χ3n) is 4.67.